The van der Waals surface area contributed by atoms with E-state index in [9.17, 15) is 0 Å². The average Bonchev–Trinajstić information content (AvgIpc) is 2.89. The third-order valence-electron chi connectivity index (χ3n) is 3.80. The van der Waals surface area contributed by atoms with E-state index in [2.05, 4.69) is 11.1 Å². The van der Waals surface area contributed by atoms with Crippen molar-refractivity contribution in [3.8, 4) is 0 Å². The number of nitrogens with zero attached hydrogens (tertiary/aromatic N) is 1. The standard InChI is InChI=1S/C15H18ClNO/c16-14-9-15-11(4-3-7-17-15)8-12(14)10-18-13-5-1-2-6-13/h7-9,13H,1-6,10H2. The molecule has 1 saturated carbocycles. The maximum atomic E-state index is 6.29. The molecule has 0 radical (unpaired) electrons. The van der Waals surface area contributed by atoms with Gasteiger partial charge in [0.1, 0.15) is 0 Å². The van der Waals surface area contributed by atoms with Gasteiger partial charge in [-0.3, -0.25) is 4.99 Å². The van der Waals surface area contributed by atoms with Gasteiger partial charge in [-0.05, 0) is 48.9 Å². The first kappa shape index (κ1) is 12.2. The van der Waals surface area contributed by atoms with Gasteiger partial charge in [0.25, 0.3) is 0 Å². The van der Waals surface area contributed by atoms with Crippen LogP contribution < -0.4 is 0 Å². The van der Waals surface area contributed by atoms with Crippen LogP contribution in [0, 0.1) is 0 Å². The van der Waals surface area contributed by atoms with E-state index in [1.165, 1.54) is 31.2 Å². The third-order valence-corrected chi connectivity index (χ3v) is 4.15. The SMILES string of the molecule is Clc1cc2c(cc1COC1CCCC1)CCC=N2. The molecule has 1 aromatic carbocycles. The van der Waals surface area contributed by atoms with Crippen LogP contribution in [0.4, 0.5) is 5.69 Å². The molecule has 0 amide bonds. The summed E-state index contributed by atoms with van der Waals surface area (Å²) in [6, 6.07) is 4.14. The van der Waals surface area contributed by atoms with Gasteiger partial charge in [-0.25, -0.2) is 0 Å². The molecule has 0 saturated heterocycles. The first-order valence-corrected chi connectivity index (χ1v) is 7.16. The number of rotatable bonds is 3. The highest BCUT2D eigenvalue weighted by molar-refractivity contribution is 6.31. The highest BCUT2D eigenvalue weighted by atomic mass is 35.5. The molecule has 1 aromatic rings. The number of fused-ring (bicyclic) bond motifs is 1. The lowest BCUT2D eigenvalue weighted by atomic mass is 10.0. The second-order valence-corrected chi connectivity index (χ2v) is 5.55. The minimum atomic E-state index is 0.440. The summed E-state index contributed by atoms with van der Waals surface area (Å²) in [5.74, 6) is 0. The third kappa shape index (κ3) is 2.60. The normalized spacial score (nSPS) is 19.2. The molecule has 0 unspecified atom stereocenters. The molecule has 1 fully saturated rings. The van der Waals surface area contributed by atoms with Gasteiger partial charge in [0, 0.05) is 11.2 Å². The van der Waals surface area contributed by atoms with E-state index in [-0.39, 0.29) is 0 Å². The lowest BCUT2D eigenvalue weighted by Gasteiger charge is -2.15. The zero-order chi connectivity index (χ0) is 12.4. The van der Waals surface area contributed by atoms with Crippen LogP contribution in [0.1, 0.15) is 43.2 Å². The van der Waals surface area contributed by atoms with E-state index >= 15 is 0 Å². The van der Waals surface area contributed by atoms with Crippen molar-refractivity contribution in [3.05, 3.63) is 28.3 Å². The van der Waals surface area contributed by atoms with Crippen LogP contribution in [-0.4, -0.2) is 12.3 Å². The summed E-state index contributed by atoms with van der Waals surface area (Å²) >= 11 is 6.29. The van der Waals surface area contributed by atoms with Gasteiger partial charge in [-0.2, -0.15) is 0 Å². The molecule has 18 heavy (non-hydrogen) atoms. The van der Waals surface area contributed by atoms with Crippen LogP contribution in [0.15, 0.2) is 17.1 Å². The van der Waals surface area contributed by atoms with Gasteiger partial charge in [0.2, 0.25) is 0 Å². The molecule has 96 valence electrons. The maximum absolute atomic E-state index is 6.29. The number of aliphatic imine (C=N–C) groups is 1. The number of hydrogen-bond acceptors (Lipinski definition) is 2. The van der Waals surface area contributed by atoms with E-state index < -0.39 is 0 Å². The van der Waals surface area contributed by atoms with Crippen molar-refractivity contribution in [1.29, 1.82) is 0 Å². The van der Waals surface area contributed by atoms with Crippen molar-refractivity contribution in [2.24, 2.45) is 4.99 Å². The lowest BCUT2D eigenvalue weighted by molar-refractivity contribution is 0.0457. The first-order valence-electron chi connectivity index (χ1n) is 6.78. The maximum Gasteiger partial charge on any atom is 0.0735 e. The monoisotopic (exact) mass is 263 g/mol. The Hall–Kier alpha value is -0.860. The molecule has 0 N–H and O–H groups in total. The molecule has 0 aromatic heterocycles. The van der Waals surface area contributed by atoms with E-state index in [0.717, 1.165) is 29.1 Å². The van der Waals surface area contributed by atoms with Crippen LogP contribution in [0.2, 0.25) is 5.02 Å². The summed E-state index contributed by atoms with van der Waals surface area (Å²) in [7, 11) is 0. The minimum absolute atomic E-state index is 0.440. The fourth-order valence-electron chi connectivity index (χ4n) is 2.74. The smallest absolute Gasteiger partial charge is 0.0735 e. The van der Waals surface area contributed by atoms with Gasteiger partial charge in [0.05, 0.1) is 18.4 Å². The molecule has 2 nitrogen and oxygen atoms in total. The van der Waals surface area contributed by atoms with Crippen molar-refractivity contribution in [3.63, 3.8) is 0 Å². The summed E-state index contributed by atoms with van der Waals surface area (Å²) in [6.45, 7) is 0.639. The number of aryl methyl sites for hydroxylation is 1. The second-order valence-electron chi connectivity index (χ2n) is 5.14. The highest BCUT2D eigenvalue weighted by Crippen LogP contribution is 2.31. The van der Waals surface area contributed by atoms with Gasteiger partial charge >= 0.3 is 0 Å². The van der Waals surface area contributed by atoms with Crippen LogP contribution >= 0.6 is 11.6 Å². The quantitative estimate of drug-likeness (QED) is 0.790. The minimum Gasteiger partial charge on any atom is -0.373 e. The molecule has 0 atom stereocenters. The topological polar surface area (TPSA) is 21.6 Å². The first-order chi connectivity index (χ1) is 8.83. The number of halogens is 1. The van der Waals surface area contributed by atoms with Crippen LogP contribution in [0.3, 0.4) is 0 Å². The fourth-order valence-corrected chi connectivity index (χ4v) is 2.95. The average molecular weight is 264 g/mol. The van der Waals surface area contributed by atoms with E-state index in [1.807, 2.05) is 12.3 Å². The van der Waals surface area contributed by atoms with E-state index in [4.69, 9.17) is 16.3 Å². The molecule has 1 aliphatic heterocycles. The zero-order valence-corrected chi connectivity index (χ0v) is 11.2. The lowest BCUT2D eigenvalue weighted by Crippen LogP contribution is -2.08. The molecule has 3 rings (SSSR count). The Kier molecular flexibility index (Phi) is 3.67. The van der Waals surface area contributed by atoms with Gasteiger partial charge in [-0.1, -0.05) is 24.4 Å². The van der Waals surface area contributed by atoms with Crippen molar-refractivity contribution in [1.82, 2.24) is 0 Å². The van der Waals surface area contributed by atoms with Gasteiger partial charge in [0.15, 0.2) is 0 Å². The zero-order valence-electron chi connectivity index (χ0n) is 10.5. The molecular weight excluding hydrogens is 246 g/mol. The predicted molar refractivity (Wildman–Crippen MR) is 75.0 cm³/mol. The Labute approximate surface area is 113 Å². The molecule has 1 aliphatic carbocycles. The number of ether oxygens (including phenoxy) is 1. The van der Waals surface area contributed by atoms with Crippen LogP contribution in [0.25, 0.3) is 0 Å². The summed E-state index contributed by atoms with van der Waals surface area (Å²) in [4.78, 5) is 4.38. The van der Waals surface area contributed by atoms with Crippen LogP contribution in [0.5, 0.6) is 0 Å². The van der Waals surface area contributed by atoms with E-state index in [0.29, 0.717) is 12.7 Å². The summed E-state index contributed by atoms with van der Waals surface area (Å²) in [5, 5.41) is 0.783. The largest absolute Gasteiger partial charge is 0.373 e. The Morgan fingerprint density at radius 2 is 2.11 bits per heavy atom. The molecule has 0 bridgehead atoms. The summed E-state index contributed by atoms with van der Waals surface area (Å²) < 4.78 is 5.94. The molecule has 3 heteroatoms. The Bertz CT molecular complexity index is 464. The molecular formula is C15H18ClNO. The summed E-state index contributed by atoms with van der Waals surface area (Å²) in [6.07, 6.45) is 9.50. The number of hydrogen-bond donors (Lipinski definition) is 0. The molecule has 1 heterocycles. The Morgan fingerprint density at radius 3 is 2.94 bits per heavy atom. The highest BCUT2D eigenvalue weighted by Gasteiger charge is 2.17. The molecule has 2 aliphatic rings. The number of benzene rings is 1. The second kappa shape index (κ2) is 5.41. The van der Waals surface area contributed by atoms with Crippen molar-refractivity contribution < 1.29 is 4.74 Å². The summed E-state index contributed by atoms with van der Waals surface area (Å²) in [5.41, 5.74) is 3.43. The van der Waals surface area contributed by atoms with Gasteiger partial charge < -0.3 is 4.74 Å². The van der Waals surface area contributed by atoms with Crippen molar-refractivity contribution >= 4 is 23.5 Å². The van der Waals surface area contributed by atoms with Crippen molar-refractivity contribution in [2.45, 2.75) is 51.2 Å². The Morgan fingerprint density at radius 1 is 1.28 bits per heavy atom. The van der Waals surface area contributed by atoms with Crippen molar-refractivity contribution in [2.75, 3.05) is 0 Å². The molecule has 0 spiro atoms. The van der Waals surface area contributed by atoms with E-state index in [1.54, 1.807) is 0 Å². The van der Waals surface area contributed by atoms with Gasteiger partial charge in [-0.15, -0.1) is 0 Å². The van der Waals surface area contributed by atoms with Crippen LogP contribution in [-0.2, 0) is 17.8 Å². The Balaban J connectivity index is 1.73. The fraction of sp³-hybridized carbons (Fsp3) is 0.533. The predicted octanol–water partition coefficient (Wildman–Crippen LogP) is 4.45.